The lowest BCUT2D eigenvalue weighted by Crippen LogP contribution is -2.43. The number of nitrogens with zero attached hydrogens (tertiary/aromatic N) is 3. The molecule has 0 saturated carbocycles. The van der Waals surface area contributed by atoms with Gasteiger partial charge in [-0.15, -0.1) is 0 Å². The number of rotatable bonds is 5. The van der Waals surface area contributed by atoms with Gasteiger partial charge in [0, 0.05) is 25.1 Å². The van der Waals surface area contributed by atoms with Crippen LogP contribution in [0.25, 0.3) is 0 Å². The Morgan fingerprint density at radius 1 is 1.17 bits per heavy atom. The van der Waals surface area contributed by atoms with Crippen molar-refractivity contribution in [3.63, 3.8) is 0 Å². The quantitative estimate of drug-likeness (QED) is 0.763. The fourth-order valence-electron chi connectivity index (χ4n) is 4.10. The number of amides is 1. The van der Waals surface area contributed by atoms with Crippen molar-refractivity contribution in [2.75, 3.05) is 40.0 Å². The van der Waals surface area contributed by atoms with Crippen LogP contribution in [-0.2, 0) is 9.53 Å². The Kier molecular flexibility index (Phi) is 6.16. The van der Waals surface area contributed by atoms with E-state index in [-0.39, 0.29) is 11.9 Å². The summed E-state index contributed by atoms with van der Waals surface area (Å²) in [6.45, 7) is 7.45. The lowest BCUT2D eigenvalue weighted by Gasteiger charge is -2.29. The minimum Gasteiger partial charge on any atom is -0.497 e. The van der Waals surface area contributed by atoms with Crippen LogP contribution in [0, 0.1) is 13.8 Å². The van der Waals surface area contributed by atoms with Crippen LogP contribution in [0.15, 0.2) is 47.6 Å². The molecular formula is C24H29N3O3. The zero-order valence-electron chi connectivity index (χ0n) is 17.9. The van der Waals surface area contributed by atoms with Gasteiger partial charge < -0.3 is 9.47 Å². The van der Waals surface area contributed by atoms with Gasteiger partial charge in [0.05, 0.1) is 38.6 Å². The van der Waals surface area contributed by atoms with Crippen LogP contribution < -0.4 is 4.74 Å². The zero-order chi connectivity index (χ0) is 21.1. The van der Waals surface area contributed by atoms with E-state index in [1.54, 1.807) is 12.1 Å². The van der Waals surface area contributed by atoms with E-state index in [9.17, 15) is 4.79 Å². The molecule has 1 fully saturated rings. The van der Waals surface area contributed by atoms with Gasteiger partial charge >= 0.3 is 0 Å². The van der Waals surface area contributed by atoms with E-state index in [1.165, 1.54) is 11.1 Å². The average molecular weight is 408 g/mol. The van der Waals surface area contributed by atoms with Gasteiger partial charge in [-0.25, -0.2) is 5.01 Å². The van der Waals surface area contributed by atoms with Crippen LogP contribution in [0.2, 0.25) is 0 Å². The lowest BCUT2D eigenvalue weighted by atomic mass is 9.94. The summed E-state index contributed by atoms with van der Waals surface area (Å²) in [5.74, 6) is 0.817. The molecule has 6 nitrogen and oxygen atoms in total. The number of ether oxygens (including phenoxy) is 2. The second-order valence-electron chi connectivity index (χ2n) is 7.99. The molecule has 2 aromatic carbocycles. The summed E-state index contributed by atoms with van der Waals surface area (Å²) in [6.07, 6.45) is 0.687. The van der Waals surface area contributed by atoms with Gasteiger partial charge in [0.15, 0.2) is 0 Å². The molecule has 0 N–H and O–H groups in total. The molecule has 0 bridgehead atoms. The van der Waals surface area contributed by atoms with Gasteiger partial charge in [-0.05, 0) is 37.1 Å². The Morgan fingerprint density at radius 2 is 1.97 bits per heavy atom. The van der Waals surface area contributed by atoms with Crippen LogP contribution in [0.1, 0.15) is 34.7 Å². The number of methoxy groups -OCH3 is 1. The number of carbonyl (C=O) groups is 1. The number of benzene rings is 2. The molecule has 1 unspecified atom stereocenters. The van der Waals surface area contributed by atoms with Crippen molar-refractivity contribution in [1.82, 2.24) is 9.91 Å². The maximum atomic E-state index is 13.3. The molecule has 2 aromatic rings. The normalized spacial score (nSPS) is 19.6. The molecule has 0 spiro atoms. The predicted octanol–water partition coefficient (Wildman–Crippen LogP) is 3.32. The van der Waals surface area contributed by atoms with Crippen molar-refractivity contribution in [2.45, 2.75) is 26.3 Å². The number of hydrogen-bond acceptors (Lipinski definition) is 5. The molecule has 6 heteroatoms. The van der Waals surface area contributed by atoms with Crippen LogP contribution in [0.5, 0.6) is 5.75 Å². The Balaban J connectivity index is 1.65. The van der Waals surface area contributed by atoms with Crippen molar-refractivity contribution in [2.24, 2.45) is 5.10 Å². The summed E-state index contributed by atoms with van der Waals surface area (Å²) >= 11 is 0. The van der Waals surface area contributed by atoms with E-state index in [2.05, 4.69) is 36.9 Å². The molecule has 1 atom stereocenters. The minimum absolute atomic E-state index is 0.0284. The maximum Gasteiger partial charge on any atom is 0.257 e. The number of morpholine rings is 1. The molecule has 2 aliphatic heterocycles. The molecule has 2 aliphatic rings. The first kappa shape index (κ1) is 20.6. The smallest absolute Gasteiger partial charge is 0.257 e. The van der Waals surface area contributed by atoms with Gasteiger partial charge in [-0.1, -0.05) is 35.9 Å². The Morgan fingerprint density at radius 3 is 2.73 bits per heavy atom. The van der Waals surface area contributed by atoms with Crippen LogP contribution >= 0.6 is 0 Å². The van der Waals surface area contributed by atoms with Gasteiger partial charge in [0.2, 0.25) is 0 Å². The fraction of sp³-hybridized carbons (Fsp3) is 0.417. The van der Waals surface area contributed by atoms with Crippen molar-refractivity contribution >= 4 is 11.6 Å². The molecule has 158 valence electrons. The molecule has 0 aromatic heterocycles. The first-order valence-corrected chi connectivity index (χ1v) is 10.5. The van der Waals surface area contributed by atoms with E-state index in [0.29, 0.717) is 26.2 Å². The summed E-state index contributed by atoms with van der Waals surface area (Å²) < 4.78 is 10.8. The third-order valence-electron chi connectivity index (χ3n) is 5.83. The summed E-state index contributed by atoms with van der Waals surface area (Å²) in [5.41, 5.74) is 5.43. The number of aryl methyl sites for hydroxylation is 2. The molecule has 0 radical (unpaired) electrons. The predicted molar refractivity (Wildman–Crippen MR) is 117 cm³/mol. The highest BCUT2D eigenvalue weighted by molar-refractivity contribution is 6.03. The van der Waals surface area contributed by atoms with Crippen molar-refractivity contribution in [3.8, 4) is 5.75 Å². The van der Waals surface area contributed by atoms with Crippen LogP contribution in [0.3, 0.4) is 0 Å². The fourth-order valence-corrected chi connectivity index (χ4v) is 4.10. The summed E-state index contributed by atoms with van der Waals surface area (Å²) in [4.78, 5) is 15.4. The van der Waals surface area contributed by atoms with Crippen LogP contribution in [-0.4, -0.2) is 61.5 Å². The van der Waals surface area contributed by atoms with Gasteiger partial charge in [0.1, 0.15) is 5.75 Å². The van der Waals surface area contributed by atoms with E-state index in [1.807, 2.05) is 24.3 Å². The van der Waals surface area contributed by atoms with E-state index in [4.69, 9.17) is 14.6 Å². The molecule has 1 amide bonds. The standard InChI is InChI=1S/C24H29N3O3/c1-17-7-8-18(2)21(13-17)23-15-22(19-5-4-6-20(14-19)29-3)25-27(23)24(28)16-26-9-11-30-12-10-26/h4-8,13-14,23H,9-12,15-16H2,1-3H3. The molecule has 2 heterocycles. The topological polar surface area (TPSA) is 54.4 Å². The molecule has 30 heavy (non-hydrogen) atoms. The Labute approximate surface area is 178 Å². The molecule has 1 saturated heterocycles. The third kappa shape index (κ3) is 4.40. The van der Waals surface area contributed by atoms with Gasteiger partial charge in [0.25, 0.3) is 5.91 Å². The highest BCUT2D eigenvalue weighted by Gasteiger charge is 2.34. The van der Waals surface area contributed by atoms with Crippen molar-refractivity contribution in [3.05, 3.63) is 64.7 Å². The van der Waals surface area contributed by atoms with Crippen molar-refractivity contribution < 1.29 is 14.3 Å². The van der Waals surface area contributed by atoms with Gasteiger partial charge in [-0.3, -0.25) is 9.69 Å². The molecule has 0 aliphatic carbocycles. The monoisotopic (exact) mass is 407 g/mol. The Bertz CT molecular complexity index is 950. The number of hydrogen-bond donors (Lipinski definition) is 0. The second kappa shape index (κ2) is 8.98. The van der Waals surface area contributed by atoms with E-state index >= 15 is 0 Å². The second-order valence-corrected chi connectivity index (χ2v) is 7.99. The Hall–Kier alpha value is -2.70. The first-order chi connectivity index (χ1) is 14.5. The highest BCUT2D eigenvalue weighted by atomic mass is 16.5. The minimum atomic E-state index is -0.0976. The summed E-state index contributed by atoms with van der Waals surface area (Å²) in [7, 11) is 1.66. The lowest BCUT2D eigenvalue weighted by molar-refractivity contribution is -0.135. The SMILES string of the molecule is COc1cccc(C2=NN(C(=O)CN3CCOCC3)C(c3cc(C)ccc3C)C2)c1. The van der Waals surface area contributed by atoms with E-state index in [0.717, 1.165) is 35.7 Å². The number of carbonyl (C=O) groups excluding carboxylic acids is 1. The van der Waals surface area contributed by atoms with Crippen LogP contribution in [0.4, 0.5) is 0 Å². The molecular weight excluding hydrogens is 378 g/mol. The van der Waals surface area contributed by atoms with Gasteiger partial charge in [-0.2, -0.15) is 5.10 Å². The van der Waals surface area contributed by atoms with Crippen molar-refractivity contribution in [1.29, 1.82) is 0 Å². The summed E-state index contributed by atoms with van der Waals surface area (Å²) in [6, 6.07) is 14.2. The first-order valence-electron chi connectivity index (χ1n) is 10.5. The average Bonchev–Trinajstić information content (AvgIpc) is 3.22. The summed E-state index contributed by atoms with van der Waals surface area (Å²) in [5, 5.41) is 6.52. The van der Waals surface area contributed by atoms with E-state index < -0.39 is 0 Å². The highest BCUT2D eigenvalue weighted by Crippen LogP contribution is 2.35. The third-order valence-corrected chi connectivity index (χ3v) is 5.83. The maximum absolute atomic E-state index is 13.3. The zero-order valence-corrected chi connectivity index (χ0v) is 17.9. The number of hydrazone groups is 1. The largest absolute Gasteiger partial charge is 0.497 e. The molecule has 4 rings (SSSR count).